The van der Waals surface area contributed by atoms with Crippen LogP contribution in [0.5, 0.6) is 0 Å². The molecule has 0 aromatic carbocycles. The van der Waals surface area contributed by atoms with Gasteiger partial charge in [0.05, 0.1) is 13.2 Å². The lowest BCUT2D eigenvalue weighted by molar-refractivity contribution is -0.124. The van der Waals surface area contributed by atoms with Crippen LogP contribution in [-0.2, 0) is 9.53 Å². The molecule has 2 heterocycles. The first-order chi connectivity index (χ1) is 7.09. The van der Waals surface area contributed by atoms with Gasteiger partial charge in [0.15, 0.2) is 5.78 Å². The van der Waals surface area contributed by atoms with Crippen LogP contribution in [0.4, 0.5) is 0 Å². The van der Waals surface area contributed by atoms with Gasteiger partial charge in [-0.25, -0.2) is 0 Å². The molecule has 3 nitrogen and oxygen atoms in total. The van der Waals surface area contributed by atoms with Gasteiger partial charge in [-0.1, -0.05) is 0 Å². The number of hydrogen-bond donors (Lipinski definition) is 0. The van der Waals surface area contributed by atoms with Gasteiger partial charge in [-0.05, 0) is 39.7 Å². The number of carbonyl (C=O) groups excluding carboxylic acids is 1. The normalized spacial score (nSPS) is 30.9. The fourth-order valence-corrected chi connectivity index (χ4v) is 2.56. The molecule has 1 atom stereocenters. The monoisotopic (exact) mass is 211 g/mol. The first-order valence-corrected chi connectivity index (χ1v) is 5.95. The smallest absolute Gasteiger partial charge is 0.152 e. The van der Waals surface area contributed by atoms with E-state index in [-0.39, 0.29) is 11.5 Å². The molecule has 2 aliphatic heterocycles. The zero-order chi connectivity index (χ0) is 10.9. The highest BCUT2D eigenvalue weighted by molar-refractivity contribution is 5.83. The van der Waals surface area contributed by atoms with Crippen LogP contribution in [0.15, 0.2) is 0 Å². The maximum absolute atomic E-state index is 12.0. The Bertz CT molecular complexity index is 244. The van der Waals surface area contributed by atoms with Crippen LogP contribution < -0.4 is 0 Å². The molecule has 0 bridgehead atoms. The number of nitrogens with zero attached hydrogens (tertiary/aromatic N) is 1. The standard InChI is InChI=1S/C12H21NO2/c1-12(2)5-3-6-13(12)8-11(14)10-4-7-15-9-10/h10H,3-9H2,1-2H3. The molecule has 1 unspecified atom stereocenters. The molecule has 2 aliphatic rings. The molecule has 3 heteroatoms. The third kappa shape index (κ3) is 2.40. The molecule has 0 aliphatic carbocycles. The van der Waals surface area contributed by atoms with E-state index in [1.165, 1.54) is 12.8 Å². The SMILES string of the molecule is CC1(C)CCCN1CC(=O)C1CCOC1. The van der Waals surface area contributed by atoms with Crippen molar-refractivity contribution in [2.75, 3.05) is 26.3 Å². The average molecular weight is 211 g/mol. The fourth-order valence-electron chi connectivity index (χ4n) is 2.56. The van der Waals surface area contributed by atoms with Crippen molar-refractivity contribution in [3.63, 3.8) is 0 Å². The third-order valence-electron chi connectivity index (χ3n) is 3.80. The fraction of sp³-hybridized carbons (Fsp3) is 0.917. The lowest BCUT2D eigenvalue weighted by atomic mass is 9.99. The summed E-state index contributed by atoms with van der Waals surface area (Å²) in [6.07, 6.45) is 3.36. The van der Waals surface area contributed by atoms with E-state index in [0.717, 1.165) is 19.6 Å². The van der Waals surface area contributed by atoms with E-state index in [0.29, 0.717) is 18.9 Å². The van der Waals surface area contributed by atoms with Crippen molar-refractivity contribution in [1.82, 2.24) is 4.90 Å². The highest BCUT2D eigenvalue weighted by Gasteiger charge is 2.34. The third-order valence-corrected chi connectivity index (χ3v) is 3.80. The summed E-state index contributed by atoms with van der Waals surface area (Å²) >= 11 is 0. The zero-order valence-corrected chi connectivity index (χ0v) is 9.79. The van der Waals surface area contributed by atoms with Crippen molar-refractivity contribution in [3.8, 4) is 0 Å². The molecule has 0 aromatic rings. The molecular weight excluding hydrogens is 190 g/mol. The number of hydrogen-bond acceptors (Lipinski definition) is 3. The highest BCUT2D eigenvalue weighted by Crippen LogP contribution is 2.28. The summed E-state index contributed by atoms with van der Waals surface area (Å²) in [5, 5.41) is 0. The van der Waals surface area contributed by atoms with Gasteiger partial charge >= 0.3 is 0 Å². The maximum atomic E-state index is 12.0. The van der Waals surface area contributed by atoms with Crippen molar-refractivity contribution in [3.05, 3.63) is 0 Å². The first-order valence-electron chi connectivity index (χ1n) is 5.95. The van der Waals surface area contributed by atoms with Crippen LogP contribution in [-0.4, -0.2) is 42.5 Å². The van der Waals surface area contributed by atoms with Crippen molar-refractivity contribution >= 4 is 5.78 Å². The number of carbonyl (C=O) groups is 1. The van der Waals surface area contributed by atoms with Gasteiger partial charge in [0.25, 0.3) is 0 Å². The van der Waals surface area contributed by atoms with Crippen molar-refractivity contribution in [2.45, 2.75) is 38.6 Å². The molecule has 0 N–H and O–H groups in total. The lowest BCUT2D eigenvalue weighted by Crippen LogP contribution is -2.42. The van der Waals surface area contributed by atoms with Gasteiger partial charge < -0.3 is 4.74 Å². The van der Waals surface area contributed by atoms with Crippen LogP contribution in [0.3, 0.4) is 0 Å². The van der Waals surface area contributed by atoms with E-state index in [4.69, 9.17) is 4.74 Å². The predicted octanol–water partition coefficient (Wildman–Crippen LogP) is 1.47. The molecule has 0 spiro atoms. The second-order valence-corrected chi connectivity index (χ2v) is 5.36. The van der Waals surface area contributed by atoms with Crippen molar-refractivity contribution < 1.29 is 9.53 Å². The average Bonchev–Trinajstić information content (AvgIpc) is 2.76. The van der Waals surface area contributed by atoms with Crippen molar-refractivity contribution in [1.29, 1.82) is 0 Å². The predicted molar refractivity (Wildman–Crippen MR) is 58.8 cm³/mol. The first kappa shape index (κ1) is 11.1. The summed E-state index contributed by atoms with van der Waals surface area (Å²) in [6.45, 7) is 7.58. The Labute approximate surface area is 91.8 Å². The van der Waals surface area contributed by atoms with Crippen LogP contribution in [0.2, 0.25) is 0 Å². The van der Waals surface area contributed by atoms with Crippen LogP contribution in [0.25, 0.3) is 0 Å². The summed E-state index contributed by atoms with van der Waals surface area (Å²) in [6, 6.07) is 0. The topological polar surface area (TPSA) is 29.5 Å². The molecule has 0 radical (unpaired) electrons. The summed E-state index contributed by atoms with van der Waals surface area (Å²) < 4.78 is 5.26. The van der Waals surface area contributed by atoms with Crippen LogP contribution in [0, 0.1) is 5.92 Å². The zero-order valence-electron chi connectivity index (χ0n) is 9.79. The van der Waals surface area contributed by atoms with E-state index in [9.17, 15) is 4.79 Å². The molecule has 2 saturated heterocycles. The second kappa shape index (κ2) is 4.22. The molecule has 86 valence electrons. The minimum Gasteiger partial charge on any atom is -0.381 e. The number of Topliss-reactive ketones (excluding diaryl/α,β-unsaturated/α-hetero) is 1. The molecule has 2 fully saturated rings. The Morgan fingerprint density at radius 2 is 2.33 bits per heavy atom. The van der Waals surface area contributed by atoms with Crippen LogP contribution in [0.1, 0.15) is 33.1 Å². The number of likely N-dealkylation sites (tertiary alicyclic amines) is 1. The summed E-state index contributed by atoms with van der Waals surface area (Å²) in [4.78, 5) is 14.3. The molecule has 2 rings (SSSR count). The van der Waals surface area contributed by atoms with Gasteiger partial charge in [0, 0.05) is 18.1 Å². The van der Waals surface area contributed by atoms with E-state index < -0.39 is 0 Å². The highest BCUT2D eigenvalue weighted by atomic mass is 16.5. The second-order valence-electron chi connectivity index (χ2n) is 5.36. The maximum Gasteiger partial charge on any atom is 0.152 e. The van der Waals surface area contributed by atoms with Crippen LogP contribution >= 0.6 is 0 Å². The Morgan fingerprint density at radius 1 is 1.53 bits per heavy atom. The Hall–Kier alpha value is -0.410. The van der Waals surface area contributed by atoms with Gasteiger partial charge in [-0.3, -0.25) is 9.69 Å². The minimum atomic E-state index is 0.168. The quantitative estimate of drug-likeness (QED) is 0.708. The van der Waals surface area contributed by atoms with Gasteiger partial charge in [0.2, 0.25) is 0 Å². The molecule has 0 aromatic heterocycles. The number of ether oxygens (including phenoxy) is 1. The number of ketones is 1. The molecule has 0 saturated carbocycles. The Kier molecular flexibility index (Phi) is 3.12. The summed E-state index contributed by atoms with van der Waals surface area (Å²) in [7, 11) is 0. The van der Waals surface area contributed by atoms with Gasteiger partial charge in [-0.2, -0.15) is 0 Å². The van der Waals surface area contributed by atoms with Gasteiger partial charge in [0.1, 0.15) is 0 Å². The molecule has 15 heavy (non-hydrogen) atoms. The largest absolute Gasteiger partial charge is 0.381 e. The minimum absolute atomic E-state index is 0.168. The number of rotatable bonds is 3. The summed E-state index contributed by atoms with van der Waals surface area (Å²) in [5.74, 6) is 0.545. The Morgan fingerprint density at radius 3 is 2.87 bits per heavy atom. The molecular formula is C12H21NO2. The lowest BCUT2D eigenvalue weighted by Gasteiger charge is -2.31. The van der Waals surface area contributed by atoms with Gasteiger partial charge in [-0.15, -0.1) is 0 Å². The van der Waals surface area contributed by atoms with E-state index in [2.05, 4.69) is 18.7 Å². The molecule has 0 amide bonds. The van der Waals surface area contributed by atoms with Crippen molar-refractivity contribution in [2.24, 2.45) is 5.92 Å². The van der Waals surface area contributed by atoms with E-state index in [1.807, 2.05) is 0 Å². The summed E-state index contributed by atoms with van der Waals surface area (Å²) in [5.41, 5.74) is 0.217. The van der Waals surface area contributed by atoms with E-state index in [1.54, 1.807) is 0 Å². The van der Waals surface area contributed by atoms with E-state index >= 15 is 0 Å². The Balaban J connectivity index is 1.88.